The molecular formula is C14H11BrN6O. The van der Waals surface area contributed by atoms with Crippen molar-refractivity contribution in [1.82, 2.24) is 30.5 Å². The monoisotopic (exact) mass is 358 g/mol. The Bertz CT molecular complexity index is 772. The van der Waals surface area contributed by atoms with Crippen molar-refractivity contribution >= 4 is 21.8 Å². The number of halogens is 1. The predicted molar refractivity (Wildman–Crippen MR) is 82.3 cm³/mol. The molecule has 0 atom stereocenters. The zero-order chi connectivity index (χ0) is 15.4. The number of amides is 1. The minimum atomic E-state index is -0.201. The summed E-state index contributed by atoms with van der Waals surface area (Å²) >= 11 is 3.38. The standard InChI is InChI=1S/C14H11BrN6O/c15-11-1-3-12(4-2-11)21-13(18-19-20-21)9-17-14(22)10-5-7-16-8-6-10/h1-8H,9H2,(H,17,22). The van der Waals surface area contributed by atoms with Gasteiger partial charge in [0.15, 0.2) is 5.82 Å². The van der Waals surface area contributed by atoms with Gasteiger partial charge in [-0.1, -0.05) is 15.9 Å². The average Bonchev–Trinajstić information content (AvgIpc) is 3.02. The summed E-state index contributed by atoms with van der Waals surface area (Å²) in [6.07, 6.45) is 3.14. The molecule has 0 spiro atoms. The highest BCUT2D eigenvalue weighted by molar-refractivity contribution is 9.10. The summed E-state index contributed by atoms with van der Waals surface area (Å²) in [5.74, 6) is 0.345. The summed E-state index contributed by atoms with van der Waals surface area (Å²) < 4.78 is 2.55. The van der Waals surface area contributed by atoms with Crippen LogP contribution in [0.15, 0.2) is 53.3 Å². The summed E-state index contributed by atoms with van der Waals surface area (Å²) in [6.45, 7) is 0.226. The van der Waals surface area contributed by atoms with Gasteiger partial charge in [0, 0.05) is 22.4 Å². The van der Waals surface area contributed by atoms with Crippen LogP contribution >= 0.6 is 15.9 Å². The quantitative estimate of drug-likeness (QED) is 0.767. The van der Waals surface area contributed by atoms with E-state index in [4.69, 9.17) is 0 Å². The van der Waals surface area contributed by atoms with Crippen molar-refractivity contribution in [2.45, 2.75) is 6.54 Å². The first kappa shape index (κ1) is 14.3. The van der Waals surface area contributed by atoms with E-state index in [9.17, 15) is 4.79 Å². The number of nitrogens with zero attached hydrogens (tertiary/aromatic N) is 5. The van der Waals surface area contributed by atoms with Crippen LogP contribution in [-0.2, 0) is 6.54 Å². The fraction of sp³-hybridized carbons (Fsp3) is 0.0714. The molecule has 0 saturated heterocycles. The van der Waals surface area contributed by atoms with Crippen LogP contribution in [0.4, 0.5) is 0 Å². The highest BCUT2D eigenvalue weighted by Crippen LogP contribution is 2.14. The lowest BCUT2D eigenvalue weighted by Gasteiger charge is -2.06. The molecule has 1 N–H and O–H groups in total. The van der Waals surface area contributed by atoms with E-state index in [1.54, 1.807) is 29.2 Å². The lowest BCUT2D eigenvalue weighted by Crippen LogP contribution is -2.24. The largest absolute Gasteiger partial charge is 0.345 e. The van der Waals surface area contributed by atoms with E-state index < -0.39 is 0 Å². The van der Waals surface area contributed by atoms with E-state index in [1.165, 1.54) is 0 Å². The Hall–Kier alpha value is -2.61. The van der Waals surface area contributed by atoms with Gasteiger partial charge in [-0.25, -0.2) is 0 Å². The fourth-order valence-electron chi connectivity index (χ4n) is 1.86. The number of carbonyl (C=O) groups is 1. The highest BCUT2D eigenvalue weighted by atomic mass is 79.9. The zero-order valence-corrected chi connectivity index (χ0v) is 12.9. The maximum Gasteiger partial charge on any atom is 0.251 e. The molecule has 2 aromatic heterocycles. The van der Waals surface area contributed by atoms with Crippen LogP contribution < -0.4 is 5.32 Å². The van der Waals surface area contributed by atoms with Crippen LogP contribution in [0, 0.1) is 0 Å². The molecule has 2 heterocycles. The number of benzene rings is 1. The number of hydrogen-bond donors (Lipinski definition) is 1. The number of hydrogen-bond acceptors (Lipinski definition) is 5. The van der Waals surface area contributed by atoms with Crippen molar-refractivity contribution in [1.29, 1.82) is 0 Å². The van der Waals surface area contributed by atoms with Crippen molar-refractivity contribution in [3.63, 3.8) is 0 Å². The van der Waals surface area contributed by atoms with Crippen molar-refractivity contribution < 1.29 is 4.79 Å². The minimum Gasteiger partial charge on any atom is -0.345 e. The maximum absolute atomic E-state index is 12.0. The first-order valence-corrected chi connectivity index (χ1v) is 7.25. The zero-order valence-electron chi connectivity index (χ0n) is 11.3. The molecule has 0 fully saturated rings. The fourth-order valence-corrected chi connectivity index (χ4v) is 2.13. The third-order valence-corrected chi connectivity index (χ3v) is 3.48. The van der Waals surface area contributed by atoms with E-state index in [-0.39, 0.29) is 12.5 Å². The topological polar surface area (TPSA) is 85.6 Å². The van der Waals surface area contributed by atoms with Gasteiger partial charge in [0.2, 0.25) is 0 Å². The molecule has 0 saturated carbocycles. The number of tetrazole rings is 1. The Kier molecular flexibility index (Phi) is 4.19. The number of rotatable bonds is 4. The molecule has 22 heavy (non-hydrogen) atoms. The van der Waals surface area contributed by atoms with Crippen LogP contribution in [-0.4, -0.2) is 31.1 Å². The summed E-state index contributed by atoms with van der Waals surface area (Å²) in [7, 11) is 0. The molecule has 0 unspecified atom stereocenters. The van der Waals surface area contributed by atoms with Gasteiger partial charge in [0.25, 0.3) is 5.91 Å². The molecule has 3 rings (SSSR count). The predicted octanol–water partition coefficient (Wildman–Crippen LogP) is 1.75. The number of pyridine rings is 1. The summed E-state index contributed by atoms with van der Waals surface area (Å²) in [5, 5.41) is 14.3. The van der Waals surface area contributed by atoms with Crippen molar-refractivity contribution in [2.75, 3.05) is 0 Å². The van der Waals surface area contributed by atoms with Gasteiger partial charge >= 0.3 is 0 Å². The highest BCUT2D eigenvalue weighted by Gasteiger charge is 2.10. The smallest absolute Gasteiger partial charge is 0.251 e. The van der Waals surface area contributed by atoms with Crippen LogP contribution in [0.1, 0.15) is 16.2 Å². The first-order chi connectivity index (χ1) is 10.7. The second kappa shape index (κ2) is 6.44. The third kappa shape index (κ3) is 3.17. The van der Waals surface area contributed by atoms with Gasteiger partial charge in [0.05, 0.1) is 12.2 Å². The second-order valence-corrected chi connectivity index (χ2v) is 5.32. The maximum atomic E-state index is 12.0. The summed E-state index contributed by atoms with van der Waals surface area (Å²) in [5.41, 5.74) is 1.36. The molecule has 0 aliphatic heterocycles. The van der Waals surface area contributed by atoms with E-state index in [2.05, 4.69) is 41.8 Å². The molecule has 7 nitrogen and oxygen atoms in total. The molecular weight excluding hydrogens is 348 g/mol. The van der Waals surface area contributed by atoms with Crippen molar-refractivity contribution in [2.24, 2.45) is 0 Å². The molecule has 0 bridgehead atoms. The molecule has 8 heteroatoms. The van der Waals surface area contributed by atoms with Crippen LogP contribution in [0.25, 0.3) is 5.69 Å². The van der Waals surface area contributed by atoms with Crippen LogP contribution in [0.3, 0.4) is 0 Å². The Morgan fingerprint density at radius 1 is 1.14 bits per heavy atom. The van der Waals surface area contributed by atoms with Crippen LogP contribution in [0.5, 0.6) is 0 Å². The van der Waals surface area contributed by atoms with Crippen molar-refractivity contribution in [3.05, 3.63) is 64.7 Å². The van der Waals surface area contributed by atoms with Crippen LogP contribution in [0.2, 0.25) is 0 Å². The van der Waals surface area contributed by atoms with E-state index >= 15 is 0 Å². The van der Waals surface area contributed by atoms with Gasteiger partial charge in [-0.3, -0.25) is 9.78 Å². The average molecular weight is 359 g/mol. The molecule has 0 aliphatic carbocycles. The first-order valence-electron chi connectivity index (χ1n) is 6.45. The van der Waals surface area contributed by atoms with Gasteiger partial charge < -0.3 is 5.32 Å². The number of nitrogens with one attached hydrogen (secondary N) is 1. The molecule has 3 aromatic rings. The molecule has 0 aliphatic rings. The van der Waals surface area contributed by atoms with Crippen molar-refractivity contribution in [3.8, 4) is 5.69 Å². The summed E-state index contributed by atoms with van der Waals surface area (Å²) in [6, 6.07) is 10.9. The van der Waals surface area contributed by atoms with E-state index in [1.807, 2.05) is 24.3 Å². The van der Waals surface area contributed by atoms with E-state index in [0.29, 0.717) is 11.4 Å². The molecule has 0 radical (unpaired) electrons. The molecule has 1 aromatic carbocycles. The SMILES string of the molecule is O=C(NCc1nnnn1-c1ccc(Br)cc1)c1ccncc1. The lowest BCUT2D eigenvalue weighted by atomic mass is 10.2. The third-order valence-electron chi connectivity index (χ3n) is 2.95. The second-order valence-electron chi connectivity index (χ2n) is 4.40. The molecule has 1 amide bonds. The van der Waals surface area contributed by atoms with Gasteiger partial charge in [-0.05, 0) is 46.8 Å². The lowest BCUT2D eigenvalue weighted by molar-refractivity contribution is 0.0949. The van der Waals surface area contributed by atoms with Gasteiger partial charge in [-0.15, -0.1) is 5.10 Å². The Labute approximate surface area is 134 Å². The Morgan fingerprint density at radius 3 is 2.59 bits per heavy atom. The summed E-state index contributed by atoms with van der Waals surface area (Å²) in [4.78, 5) is 15.9. The van der Waals surface area contributed by atoms with E-state index in [0.717, 1.165) is 10.2 Å². The molecule has 110 valence electrons. The Morgan fingerprint density at radius 2 is 1.86 bits per heavy atom. The normalized spacial score (nSPS) is 10.4. The Balaban J connectivity index is 1.73. The minimum absolute atomic E-state index is 0.201. The van der Waals surface area contributed by atoms with Gasteiger partial charge in [-0.2, -0.15) is 4.68 Å². The van der Waals surface area contributed by atoms with Gasteiger partial charge in [0.1, 0.15) is 0 Å². The number of carbonyl (C=O) groups excluding carboxylic acids is 1. The number of aromatic nitrogens is 5.